The second-order valence-electron chi connectivity index (χ2n) is 13.8. The molecular formula is C39H48O12. The van der Waals surface area contributed by atoms with E-state index in [0.29, 0.717) is 11.1 Å². The normalized spacial score (nSPS) is 12.9. The molecule has 0 spiro atoms. The van der Waals surface area contributed by atoms with E-state index in [1.165, 1.54) is 50.7 Å². The van der Waals surface area contributed by atoms with Gasteiger partial charge in [-0.15, -0.1) is 0 Å². The first kappa shape index (κ1) is 41.9. The van der Waals surface area contributed by atoms with Crippen LogP contribution in [0.3, 0.4) is 0 Å². The highest BCUT2D eigenvalue weighted by molar-refractivity contribution is 6.11. The molecule has 2 rings (SSSR count). The van der Waals surface area contributed by atoms with Gasteiger partial charge in [-0.1, -0.05) is 38.1 Å². The zero-order chi connectivity index (χ0) is 38.5. The molecule has 2 aromatic carbocycles. The molecule has 0 aliphatic rings. The third-order valence-corrected chi connectivity index (χ3v) is 6.66. The maximum Gasteiger partial charge on any atom is 0.314 e. The molecule has 0 aromatic heterocycles. The second kappa shape index (κ2) is 18.7. The second-order valence-corrected chi connectivity index (χ2v) is 13.8. The highest BCUT2D eigenvalue weighted by Crippen LogP contribution is 2.31. The van der Waals surface area contributed by atoms with E-state index in [-0.39, 0.29) is 35.8 Å². The number of ether oxygens (including phenoxy) is 6. The van der Waals surface area contributed by atoms with Gasteiger partial charge in [0.25, 0.3) is 0 Å². The number of hydrogen-bond acceptors (Lipinski definition) is 12. The number of esters is 4. The number of benzene rings is 2. The monoisotopic (exact) mass is 708 g/mol. The summed E-state index contributed by atoms with van der Waals surface area (Å²) >= 11 is 0. The molecular weight excluding hydrogens is 660 g/mol. The number of allylic oxidation sites excluding steroid dienone is 2. The van der Waals surface area contributed by atoms with Gasteiger partial charge in [-0.05, 0) is 89.1 Å². The van der Waals surface area contributed by atoms with Gasteiger partial charge in [0.2, 0.25) is 0 Å². The molecule has 0 unspecified atom stereocenters. The molecule has 0 heterocycles. The maximum absolute atomic E-state index is 12.6. The maximum atomic E-state index is 12.6. The summed E-state index contributed by atoms with van der Waals surface area (Å²) in [5.74, 6) is -3.98. The van der Waals surface area contributed by atoms with Crippen LogP contribution in [-0.4, -0.2) is 60.9 Å². The van der Waals surface area contributed by atoms with E-state index >= 15 is 0 Å². The van der Waals surface area contributed by atoms with Gasteiger partial charge in [0.15, 0.2) is 34.6 Å². The van der Waals surface area contributed by atoms with Gasteiger partial charge >= 0.3 is 23.9 Å². The van der Waals surface area contributed by atoms with Crippen LogP contribution in [0.25, 0.3) is 12.2 Å². The molecule has 0 saturated heterocycles. The van der Waals surface area contributed by atoms with Crippen molar-refractivity contribution < 1.29 is 57.2 Å². The summed E-state index contributed by atoms with van der Waals surface area (Å²) in [5.41, 5.74) is -0.238. The topological polar surface area (TPSA) is 158 Å². The van der Waals surface area contributed by atoms with Crippen LogP contribution in [0.4, 0.5) is 0 Å². The smallest absolute Gasteiger partial charge is 0.314 e. The minimum atomic E-state index is -0.758. The van der Waals surface area contributed by atoms with Crippen LogP contribution >= 0.6 is 0 Å². The van der Waals surface area contributed by atoms with Crippen molar-refractivity contribution in [3.05, 3.63) is 59.7 Å². The molecule has 0 aliphatic heterocycles. The molecule has 276 valence electrons. The Morgan fingerprint density at radius 1 is 0.588 bits per heavy atom. The van der Waals surface area contributed by atoms with Crippen LogP contribution in [0, 0.1) is 11.8 Å². The van der Waals surface area contributed by atoms with E-state index in [4.69, 9.17) is 28.4 Å². The van der Waals surface area contributed by atoms with Crippen molar-refractivity contribution in [3.8, 4) is 23.0 Å². The summed E-state index contributed by atoms with van der Waals surface area (Å²) in [7, 11) is 2.79. The van der Waals surface area contributed by atoms with E-state index in [9.17, 15) is 28.8 Å². The van der Waals surface area contributed by atoms with Gasteiger partial charge in [-0.2, -0.15) is 0 Å². The molecule has 51 heavy (non-hydrogen) atoms. The zero-order valence-electron chi connectivity index (χ0n) is 30.9. The van der Waals surface area contributed by atoms with E-state index in [1.807, 2.05) is 0 Å². The van der Waals surface area contributed by atoms with Gasteiger partial charge in [-0.3, -0.25) is 28.8 Å². The number of carbonyl (C=O) groups is 6. The van der Waals surface area contributed by atoms with Crippen LogP contribution < -0.4 is 18.9 Å². The summed E-state index contributed by atoms with van der Waals surface area (Å²) < 4.78 is 32.1. The first-order chi connectivity index (χ1) is 23.7. The summed E-state index contributed by atoms with van der Waals surface area (Å²) in [6.45, 7) is 13.5. The number of hydrogen-bond donors (Lipinski definition) is 0. The lowest BCUT2D eigenvalue weighted by atomic mass is 10.1. The first-order valence-electron chi connectivity index (χ1n) is 16.3. The predicted octanol–water partition coefficient (Wildman–Crippen LogP) is 6.51. The molecule has 2 atom stereocenters. The number of ketones is 2. The van der Waals surface area contributed by atoms with E-state index < -0.39 is 64.9 Å². The van der Waals surface area contributed by atoms with Gasteiger partial charge in [-0.25, -0.2) is 0 Å². The Kier molecular flexibility index (Phi) is 15.3. The van der Waals surface area contributed by atoms with Crippen LogP contribution in [0.1, 0.15) is 85.8 Å². The highest BCUT2D eigenvalue weighted by atomic mass is 16.6. The van der Waals surface area contributed by atoms with Gasteiger partial charge in [0.05, 0.1) is 45.3 Å². The molecule has 0 aliphatic carbocycles. The Morgan fingerprint density at radius 2 is 0.941 bits per heavy atom. The van der Waals surface area contributed by atoms with Gasteiger partial charge in [0.1, 0.15) is 11.2 Å². The molecule has 0 saturated carbocycles. The molecule has 0 N–H and O–H groups in total. The van der Waals surface area contributed by atoms with Gasteiger partial charge < -0.3 is 28.4 Å². The van der Waals surface area contributed by atoms with Crippen molar-refractivity contribution in [2.24, 2.45) is 11.8 Å². The minimum Gasteiger partial charge on any atom is -0.493 e. The summed E-state index contributed by atoms with van der Waals surface area (Å²) in [4.78, 5) is 74.3. The summed E-state index contributed by atoms with van der Waals surface area (Å²) in [5, 5.41) is 0. The third-order valence-electron chi connectivity index (χ3n) is 6.66. The minimum absolute atomic E-state index is 0.137. The first-order valence-corrected chi connectivity index (χ1v) is 16.3. The fourth-order valence-corrected chi connectivity index (χ4v) is 4.26. The van der Waals surface area contributed by atoms with Crippen molar-refractivity contribution in [1.29, 1.82) is 0 Å². The lowest BCUT2D eigenvalue weighted by molar-refractivity contribution is -0.159. The molecule has 0 amide bonds. The largest absolute Gasteiger partial charge is 0.493 e. The highest BCUT2D eigenvalue weighted by Gasteiger charge is 2.26. The Morgan fingerprint density at radius 3 is 1.25 bits per heavy atom. The van der Waals surface area contributed by atoms with Crippen LogP contribution in [0.2, 0.25) is 0 Å². The lowest BCUT2D eigenvalue weighted by Gasteiger charge is -2.20. The Bertz CT molecular complexity index is 1530. The molecule has 0 bridgehead atoms. The van der Waals surface area contributed by atoms with Crippen molar-refractivity contribution in [2.45, 2.75) is 85.9 Å². The zero-order valence-corrected chi connectivity index (χ0v) is 30.9. The summed E-state index contributed by atoms with van der Waals surface area (Å²) in [6.07, 6.45) is 4.82. The fourth-order valence-electron chi connectivity index (χ4n) is 4.26. The van der Waals surface area contributed by atoms with Crippen molar-refractivity contribution in [1.82, 2.24) is 0 Å². The molecule has 0 radical (unpaired) electrons. The van der Waals surface area contributed by atoms with E-state index in [1.54, 1.807) is 79.7 Å². The fraction of sp³-hybridized carbons (Fsp3) is 0.436. The van der Waals surface area contributed by atoms with E-state index in [2.05, 4.69) is 0 Å². The number of rotatable bonds is 16. The average molecular weight is 709 g/mol. The number of carbonyl (C=O) groups excluding carboxylic acids is 6. The van der Waals surface area contributed by atoms with Crippen LogP contribution in [0.5, 0.6) is 23.0 Å². The van der Waals surface area contributed by atoms with Crippen molar-refractivity contribution in [2.75, 3.05) is 14.2 Å². The average Bonchev–Trinajstić information content (AvgIpc) is 3.01. The quantitative estimate of drug-likeness (QED) is 0.0808. The lowest BCUT2D eigenvalue weighted by Crippen LogP contribution is -2.27. The Hall–Kier alpha value is -5.26. The van der Waals surface area contributed by atoms with Crippen molar-refractivity contribution in [3.63, 3.8) is 0 Å². The molecule has 0 fully saturated rings. The predicted molar refractivity (Wildman–Crippen MR) is 189 cm³/mol. The molecule has 12 heteroatoms. The third kappa shape index (κ3) is 15.4. The standard InChI is InChI=1S/C39H48O12/c1-24(19-34(42)50-38(3,4)5)36(44)48-30-17-13-26(21-32(30)46-9)11-15-28(40)23-29(41)16-12-27-14-18-31(33(22-27)47-10)49-37(45)25(2)20-35(43)51-39(6,7)8/h11-18,21-22,24-25H,19-20,23H2,1-10H3/b15-11+,16-12+/t24-,25-/m1/s1. The molecule has 12 nitrogen and oxygen atoms in total. The number of methoxy groups -OCH3 is 2. The molecule has 2 aromatic rings. The summed E-state index contributed by atoms with van der Waals surface area (Å²) in [6, 6.07) is 9.32. The Balaban J connectivity index is 1.97. The SMILES string of the molecule is COc1cc(/C=C/C(=O)CC(=O)/C=C/c2ccc(OC(=O)[C@H](C)CC(=O)OC(C)(C)C)c(OC)c2)ccc1OC(=O)[C@H](C)CC(=O)OC(C)(C)C. The Labute approximate surface area is 299 Å². The van der Waals surface area contributed by atoms with Gasteiger partial charge in [0, 0.05) is 0 Å². The van der Waals surface area contributed by atoms with Crippen molar-refractivity contribution >= 4 is 47.6 Å². The van der Waals surface area contributed by atoms with Crippen LogP contribution in [-0.2, 0) is 38.2 Å². The van der Waals surface area contributed by atoms with E-state index in [0.717, 1.165) is 0 Å². The van der Waals surface area contributed by atoms with Crippen LogP contribution in [0.15, 0.2) is 48.6 Å².